The van der Waals surface area contributed by atoms with Gasteiger partial charge in [0.25, 0.3) is 0 Å². The van der Waals surface area contributed by atoms with Gasteiger partial charge in [0.1, 0.15) is 6.01 Å². The van der Waals surface area contributed by atoms with Crippen LogP contribution in [-0.2, 0) is 9.63 Å². The average Bonchev–Trinajstić information content (AvgIpc) is 2.38. The summed E-state index contributed by atoms with van der Waals surface area (Å²) in [5, 5.41) is 9.66. The number of hydrogen-bond donors (Lipinski definition) is 1. The van der Waals surface area contributed by atoms with E-state index >= 15 is 0 Å². The molecular weight excluding hydrogens is 216 g/mol. The van der Waals surface area contributed by atoms with Crippen molar-refractivity contribution in [3.8, 4) is 0 Å². The van der Waals surface area contributed by atoms with E-state index in [1.54, 1.807) is 12.9 Å². The summed E-state index contributed by atoms with van der Waals surface area (Å²) in [5.41, 5.74) is 1.84. The van der Waals surface area contributed by atoms with Gasteiger partial charge in [-0.15, -0.1) is 0 Å². The Morgan fingerprint density at radius 1 is 1.41 bits per heavy atom. The van der Waals surface area contributed by atoms with Crippen LogP contribution in [0.5, 0.6) is 0 Å². The Bertz CT molecular complexity index is 348. The van der Waals surface area contributed by atoms with Gasteiger partial charge in [0.15, 0.2) is 0 Å². The topological polar surface area (TPSA) is 62.5 Å². The maximum absolute atomic E-state index is 11.6. The monoisotopic (exact) mass is 236 g/mol. The highest BCUT2D eigenvalue weighted by Gasteiger charge is 2.21. The van der Waals surface area contributed by atoms with Gasteiger partial charge in [-0.3, -0.25) is 0 Å². The molecule has 0 atom stereocenters. The van der Waals surface area contributed by atoms with E-state index in [1.807, 2.05) is 0 Å². The highest BCUT2D eigenvalue weighted by molar-refractivity contribution is 5.88. The van der Waals surface area contributed by atoms with Crippen LogP contribution in [0.2, 0.25) is 0 Å². The first kappa shape index (κ1) is 13.7. The quantitative estimate of drug-likeness (QED) is 0.351. The third-order valence-electron chi connectivity index (χ3n) is 3.44. The zero-order chi connectivity index (χ0) is 12.7. The SMILES string of the molecule is CCC(=C(C)C(=O)ON=C=N)C1CCCCC1. The molecule has 17 heavy (non-hydrogen) atoms. The van der Waals surface area contributed by atoms with Gasteiger partial charge in [-0.05, 0) is 37.3 Å². The fourth-order valence-corrected chi connectivity index (χ4v) is 2.57. The van der Waals surface area contributed by atoms with Crippen LogP contribution in [0.3, 0.4) is 0 Å². The van der Waals surface area contributed by atoms with Crippen LogP contribution in [0.1, 0.15) is 52.4 Å². The molecule has 0 unspecified atom stereocenters. The number of allylic oxidation sites excluding steroid dienone is 1. The molecule has 1 aliphatic carbocycles. The lowest BCUT2D eigenvalue weighted by Crippen LogP contribution is -2.14. The van der Waals surface area contributed by atoms with Crippen LogP contribution in [0.25, 0.3) is 0 Å². The summed E-state index contributed by atoms with van der Waals surface area (Å²) in [5.74, 6) is 0.0671. The molecule has 4 heteroatoms. The molecule has 0 aromatic rings. The fraction of sp³-hybridized carbons (Fsp3) is 0.692. The third kappa shape index (κ3) is 3.82. The Morgan fingerprint density at radius 2 is 2.06 bits per heavy atom. The molecule has 1 saturated carbocycles. The standard InChI is InChI=1S/C13H20N2O2/c1-3-12(11-7-5-4-6-8-11)10(2)13(16)17-15-9-14/h11,14H,3-8H2,1-2H3. The van der Waals surface area contributed by atoms with Gasteiger partial charge >= 0.3 is 5.97 Å². The summed E-state index contributed by atoms with van der Waals surface area (Å²) in [4.78, 5) is 16.2. The van der Waals surface area contributed by atoms with Gasteiger partial charge < -0.3 is 4.84 Å². The van der Waals surface area contributed by atoms with Crippen molar-refractivity contribution in [1.82, 2.24) is 0 Å². The first-order valence-corrected chi connectivity index (χ1v) is 6.23. The van der Waals surface area contributed by atoms with Crippen molar-refractivity contribution in [2.75, 3.05) is 0 Å². The van der Waals surface area contributed by atoms with E-state index in [-0.39, 0.29) is 0 Å². The van der Waals surface area contributed by atoms with Gasteiger partial charge in [-0.1, -0.05) is 31.8 Å². The number of hydrogen-bond acceptors (Lipinski definition) is 4. The second-order valence-corrected chi connectivity index (χ2v) is 4.42. The van der Waals surface area contributed by atoms with Crippen molar-refractivity contribution in [2.24, 2.45) is 11.1 Å². The molecule has 0 aromatic carbocycles. The van der Waals surface area contributed by atoms with Crippen LogP contribution >= 0.6 is 0 Å². The van der Waals surface area contributed by atoms with Crippen molar-refractivity contribution >= 4 is 12.0 Å². The maximum Gasteiger partial charge on any atom is 0.362 e. The summed E-state index contributed by atoms with van der Waals surface area (Å²) in [6.45, 7) is 3.86. The summed E-state index contributed by atoms with van der Waals surface area (Å²) in [6.07, 6.45) is 7.00. The minimum absolute atomic E-state index is 0.452. The third-order valence-corrected chi connectivity index (χ3v) is 3.44. The number of rotatable bonds is 4. The van der Waals surface area contributed by atoms with E-state index in [2.05, 4.69) is 16.9 Å². The second kappa shape index (κ2) is 7.02. The summed E-state index contributed by atoms with van der Waals surface area (Å²) >= 11 is 0. The van der Waals surface area contributed by atoms with Gasteiger partial charge in [-0.25, -0.2) is 10.2 Å². The predicted molar refractivity (Wildman–Crippen MR) is 65.8 cm³/mol. The lowest BCUT2D eigenvalue weighted by atomic mass is 9.81. The molecule has 0 aromatic heterocycles. The minimum Gasteiger partial charge on any atom is -0.303 e. The first-order chi connectivity index (χ1) is 8.20. The molecule has 0 aliphatic heterocycles. The molecule has 1 aliphatic rings. The number of carbonyl (C=O) groups is 1. The average molecular weight is 236 g/mol. The molecule has 4 nitrogen and oxygen atoms in total. The van der Waals surface area contributed by atoms with Crippen molar-refractivity contribution < 1.29 is 9.63 Å². The number of nitrogens with zero attached hydrogens (tertiary/aromatic N) is 1. The van der Waals surface area contributed by atoms with E-state index in [4.69, 9.17) is 5.41 Å². The largest absolute Gasteiger partial charge is 0.362 e. The summed E-state index contributed by atoms with van der Waals surface area (Å²) in [7, 11) is 0. The van der Waals surface area contributed by atoms with Crippen LogP contribution < -0.4 is 0 Å². The van der Waals surface area contributed by atoms with E-state index < -0.39 is 5.97 Å². The Balaban J connectivity index is 2.80. The normalized spacial score (nSPS) is 18.0. The van der Waals surface area contributed by atoms with E-state index in [9.17, 15) is 4.79 Å². The smallest absolute Gasteiger partial charge is 0.303 e. The number of nitrogens with one attached hydrogen (secondary N) is 1. The van der Waals surface area contributed by atoms with Gasteiger partial charge in [-0.2, -0.15) is 0 Å². The molecule has 0 radical (unpaired) electrons. The lowest BCUT2D eigenvalue weighted by molar-refractivity contribution is -0.139. The zero-order valence-corrected chi connectivity index (χ0v) is 10.6. The van der Waals surface area contributed by atoms with Crippen LogP contribution in [0, 0.1) is 11.3 Å². The van der Waals surface area contributed by atoms with Gasteiger partial charge in [0, 0.05) is 5.57 Å². The van der Waals surface area contributed by atoms with Crippen LogP contribution in [-0.4, -0.2) is 12.0 Å². The molecule has 0 spiro atoms. The molecule has 0 saturated heterocycles. The van der Waals surface area contributed by atoms with Crippen molar-refractivity contribution in [1.29, 1.82) is 5.41 Å². The molecule has 1 fully saturated rings. The molecular formula is C13H20N2O2. The Hall–Kier alpha value is -1.41. The number of carbonyl (C=O) groups excluding carboxylic acids is 1. The Morgan fingerprint density at radius 3 is 2.59 bits per heavy atom. The van der Waals surface area contributed by atoms with Crippen molar-refractivity contribution in [2.45, 2.75) is 52.4 Å². The molecule has 0 bridgehead atoms. The van der Waals surface area contributed by atoms with Crippen molar-refractivity contribution in [3.63, 3.8) is 0 Å². The minimum atomic E-state index is -0.452. The van der Waals surface area contributed by atoms with Crippen LogP contribution in [0.4, 0.5) is 0 Å². The lowest BCUT2D eigenvalue weighted by Gasteiger charge is -2.25. The molecule has 94 valence electrons. The molecule has 1 N–H and O–H groups in total. The van der Waals surface area contributed by atoms with E-state index in [0.29, 0.717) is 11.5 Å². The summed E-state index contributed by atoms with van der Waals surface area (Å²) in [6, 6.07) is 1.70. The van der Waals surface area contributed by atoms with Crippen molar-refractivity contribution in [3.05, 3.63) is 11.1 Å². The molecule has 0 amide bonds. The summed E-state index contributed by atoms with van der Waals surface area (Å²) < 4.78 is 0. The van der Waals surface area contributed by atoms with E-state index in [1.165, 1.54) is 37.7 Å². The van der Waals surface area contributed by atoms with E-state index in [0.717, 1.165) is 6.42 Å². The predicted octanol–water partition coefficient (Wildman–Crippen LogP) is 3.50. The Labute approximate surface area is 102 Å². The second-order valence-electron chi connectivity index (χ2n) is 4.42. The fourth-order valence-electron chi connectivity index (χ4n) is 2.57. The zero-order valence-electron chi connectivity index (χ0n) is 10.6. The molecule has 0 heterocycles. The molecule has 1 rings (SSSR count). The highest BCUT2D eigenvalue weighted by Crippen LogP contribution is 2.33. The Kier molecular flexibility index (Phi) is 5.64. The maximum atomic E-state index is 11.6. The first-order valence-electron chi connectivity index (χ1n) is 6.23. The van der Waals surface area contributed by atoms with Gasteiger partial charge in [0.05, 0.1) is 0 Å². The van der Waals surface area contributed by atoms with Gasteiger partial charge in [0.2, 0.25) is 0 Å². The highest BCUT2D eigenvalue weighted by atomic mass is 16.7. The van der Waals surface area contributed by atoms with Crippen LogP contribution in [0.15, 0.2) is 16.3 Å².